The Bertz CT molecular complexity index is 584. The van der Waals surface area contributed by atoms with Gasteiger partial charge in [-0.1, -0.05) is 23.7 Å². The molecule has 0 heterocycles. The van der Waals surface area contributed by atoms with Gasteiger partial charge in [0.1, 0.15) is 5.75 Å². The van der Waals surface area contributed by atoms with E-state index < -0.39 is 0 Å². The maximum Gasteiger partial charge on any atom is 0.169 e. The van der Waals surface area contributed by atoms with E-state index in [-0.39, 0.29) is 0 Å². The van der Waals surface area contributed by atoms with Crippen molar-refractivity contribution in [2.75, 3.05) is 7.11 Å². The summed E-state index contributed by atoms with van der Waals surface area (Å²) in [6.07, 6.45) is 0. The van der Waals surface area contributed by atoms with Crippen LogP contribution in [0.2, 0.25) is 5.02 Å². The van der Waals surface area contributed by atoms with E-state index in [2.05, 4.69) is 0 Å². The fourth-order valence-corrected chi connectivity index (χ4v) is 1.93. The minimum absolute atomic E-state index is 0.390. The van der Waals surface area contributed by atoms with E-state index in [1.807, 2.05) is 31.2 Å². The second-order valence-electron chi connectivity index (χ2n) is 4.21. The summed E-state index contributed by atoms with van der Waals surface area (Å²) in [5, 5.41) is 0.610. The van der Waals surface area contributed by atoms with Crippen molar-refractivity contribution in [2.45, 2.75) is 13.5 Å². The Morgan fingerprint density at radius 3 is 2.53 bits per heavy atom. The lowest BCUT2D eigenvalue weighted by Gasteiger charge is -2.13. The molecule has 0 atom stereocenters. The van der Waals surface area contributed by atoms with E-state index in [0.717, 1.165) is 11.1 Å². The van der Waals surface area contributed by atoms with Crippen LogP contribution in [-0.4, -0.2) is 7.11 Å². The summed E-state index contributed by atoms with van der Waals surface area (Å²) in [6.45, 7) is 2.39. The Balaban J connectivity index is 2.38. The first kappa shape index (κ1) is 13.7. The predicted molar refractivity (Wildman–Crippen MR) is 77.1 cm³/mol. The number of nitrogens with two attached hydrogens (primary N) is 1. The van der Waals surface area contributed by atoms with E-state index in [0.29, 0.717) is 28.8 Å². The molecule has 2 N–H and O–H groups in total. The molecule has 0 aromatic heterocycles. The van der Waals surface area contributed by atoms with Crippen LogP contribution in [0.5, 0.6) is 17.2 Å². The van der Waals surface area contributed by atoms with Crippen LogP contribution in [0.1, 0.15) is 11.1 Å². The van der Waals surface area contributed by atoms with Gasteiger partial charge in [-0.2, -0.15) is 0 Å². The number of aryl methyl sites for hydroxylation is 1. The van der Waals surface area contributed by atoms with E-state index in [1.54, 1.807) is 19.2 Å². The number of hydrogen-bond donors (Lipinski definition) is 1. The maximum atomic E-state index is 5.99. The second kappa shape index (κ2) is 5.95. The molecule has 0 saturated heterocycles. The van der Waals surface area contributed by atoms with Gasteiger partial charge < -0.3 is 15.2 Å². The van der Waals surface area contributed by atoms with Crippen LogP contribution in [0, 0.1) is 6.92 Å². The topological polar surface area (TPSA) is 44.5 Å². The molecule has 0 spiro atoms. The molecule has 3 nitrogen and oxygen atoms in total. The van der Waals surface area contributed by atoms with Gasteiger partial charge in [-0.15, -0.1) is 0 Å². The monoisotopic (exact) mass is 277 g/mol. The molecule has 0 aliphatic rings. The molecule has 0 radical (unpaired) electrons. The van der Waals surface area contributed by atoms with E-state index in [9.17, 15) is 0 Å². The fraction of sp³-hybridized carbons (Fsp3) is 0.200. The van der Waals surface area contributed by atoms with Crippen molar-refractivity contribution >= 4 is 11.6 Å². The number of hydrogen-bond acceptors (Lipinski definition) is 3. The zero-order valence-electron chi connectivity index (χ0n) is 10.9. The summed E-state index contributed by atoms with van der Waals surface area (Å²) in [6, 6.07) is 11.2. The largest absolute Gasteiger partial charge is 0.493 e. The zero-order chi connectivity index (χ0) is 13.8. The molecule has 0 aliphatic carbocycles. The van der Waals surface area contributed by atoms with Crippen LogP contribution in [-0.2, 0) is 6.54 Å². The van der Waals surface area contributed by atoms with Gasteiger partial charge in [-0.25, -0.2) is 0 Å². The summed E-state index contributed by atoms with van der Waals surface area (Å²) in [5.74, 6) is 1.98. The Labute approximate surface area is 117 Å². The standard InChI is InChI=1S/C15H16ClNO2/c1-10-3-6-13(15(7-10)18-2)19-14-8-12(16)5-4-11(14)9-17/h3-8H,9,17H2,1-2H3. The molecule has 0 amide bonds. The average molecular weight is 278 g/mol. The zero-order valence-corrected chi connectivity index (χ0v) is 11.7. The molecular formula is C15H16ClNO2. The minimum atomic E-state index is 0.390. The van der Waals surface area contributed by atoms with Crippen LogP contribution in [0.15, 0.2) is 36.4 Å². The maximum absolute atomic E-state index is 5.99. The average Bonchev–Trinajstić information content (AvgIpc) is 2.41. The Morgan fingerprint density at radius 1 is 1.05 bits per heavy atom. The lowest BCUT2D eigenvalue weighted by Crippen LogP contribution is -2.00. The molecule has 4 heteroatoms. The Kier molecular flexibility index (Phi) is 4.30. The van der Waals surface area contributed by atoms with Crippen molar-refractivity contribution in [3.8, 4) is 17.2 Å². The van der Waals surface area contributed by atoms with E-state index in [1.165, 1.54) is 0 Å². The number of methoxy groups -OCH3 is 1. The van der Waals surface area contributed by atoms with Gasteiger partial charge in [0.15, 0.2) is 11.5 Å². The SMILES string of the molecule is COc1cc(C)ccc1Oc1cc(Cl)ccc1CN. The van der Waals surface area contributed by atoms with Gasteiger partial charge in [0.25, 0.3) is 0 Å². The molecule has 2 rings (SSSR count). The number of benzene rings is 2. The van der Waals surface area contributed by atoms with Crippen molar-refractivity contribution in [2.24, 2.45) is 5.73 Å². The molecule has 0 unspecified atom stereocenters. The van der Waals surface area contributed by atoms with Crippen molar-refractivity contribution < 1.29 is 9.47 Å². The summed E-state index contributed by atoms with van der Waals surface area (Å²) in [4.78, 5) is 0. The fourth-order valence-electron chi connectivity index (χ4n) is 1.77. The van der Waals surface area contributed by atoms with Gasteiger partial charge in [0.05, 0.1) is 7.11 Å². The Morgan fingerprint density at radius 2 is 1.84 bits per heavy atom. The first-order chi connectivity index (χ1) is 9.13. The van der Waals surface area contributed by atoms with Crippen LogP contribution in [0.25, 0.3) is 0 Å². The molecule has 0 bridgehead atoms. The third-order valence-corrected chi connectivity index (χ3v) is 3.02. The van der Waals surface area contributed by atoms with Gasteiger partial charge in [-0.05, 0) is 36.8 Å². The van der Waals surface area contributed by atoms with E-state index in [4.69, 9.17) is 26.8 Å². The van der Waals surface area contributed by atoms with Gasteiger partial charge in [-0.3, -0.25) is 0 Å². The summed E-state index contributed by atoms with van der Waals surface area (Å²) in [7, 11) is 1.61. The summed E-state index contributed by atoms with van der Waals surface area (Å²) < 4.78 is 11.2. The molecule has 0 fully saturated rings. The highest BCUT2D eigenvalue weighted by molar-refractivity contribution is 6.30. The number of halogens is 1. The van der Waals surface area contributed by atoms with Crippen LogP contribution in [0.4, 0.5) is 0 Å². The van der Waals surface area contributed by atoms with Gasteiger partial charge in [0, 0.05) is 17.1 Å². The van der Waals surface area contributed by atoms with E-state index >= 15 is 0 Å². The van der Waals surface area contributed by atoms with Crippen LogP contribution < -0.4 is 15.2 Å². The molecule has 19 heavy (non-hydrogen) atoms. The molecule has 0 aliphatic heterocycles. The third kappa shape index (κ3) is 3.19. The van der Waals surface area contributed by atoms with Crippen LogP contribution >= 0.6 is 11.6 Å². The quantitative estimate of drug-likeness (QED) is 0.921. The van der Waals surface area contributed by atoms with Crippen LogP contribution in [0.3, 0.4) is 0 Å². The van der Waals surface area contributed by atoms with Crippen molar-refractivity contribution in [1.82, 2.24) is 0 Å². The van der Waals surface area contributed by atoms with Gasteiger partial charge >= 0.3 is 0 Å². The third-order valence-electron chi connectivity index (χ3n) is 2.79. The first-order valence-corrected chi connectivity index (χ1v) is 6.33. The summed E-state index contributed by atoms with van der Waals surface area (Å²) >= 11 is 5.99. The highest BCUT2D eigenvalue weighted by Crippen LogP contribution is 2.34. The molecule has 0 saturated carbocycles. The molecule has 2 aromatic carbocycles. The molecular weight excluding hydrogens is 262 g/mol. The predicted octanol–water partition coefficient (Wildman–Crippen LogP) is 3.91. The van der Waals surface area contributed by atoms with Gasteiger partial charge in [0.2, 0.25) is 0 Å². The normalized spacial score (nSPS) is 10.3. The number of rotatable bonds is 4. The number of ether oxygens (including phenoxy) is 2. The van der Waals surface area contributed by atoms with Crippen molar-refractivity contribution in [3.05, 3.63) is 52.5 Å². The first-order valence-electron chi connectivity index (χ1n) is 5.95. The Hall–Kier alpha value is -1.71. The highest BCUT2D eigenvalue weighted by atomic mass is 35.5. The highest BCUT2D eigenvalue weighted by Gasteiger charge is 2.09. The minimum Gasteiger partial charge on any atom is -0.493 e. The lowest BCUT2D eigenvalue weighted by molar-refractivity contribution is 0.377. The lowest BCUT2D eigenvalue weighted by atomic mass is 10.2. The molecule has 2 aromatic rings. The van der Waals surface area contributed by atoms with Crippen molar-refractivity contribution in [3.63, 3.8) is 0 Å². The smallest absolute Gasteiger partial charge is 0.169 e. The van der Waals surface area contributed by atoms with Crippen molar-refractivity contribution in [1.29, 1.82) is 0 Å². The second-order valence-corrected chi connectivity index (χ2v) is 4.65. The summed E-state index contributed by atoms with van der Waals surface area (Å²) in [5.41, 5.74) is 7.70. The molecule has 100 valence electrons.